The summed E-state index contributed by atoms with van der Waals surface area (Å²) in [4.78, 5) is 44.5. The summed E-state index contributed by atoms with van der Waals surface area (Å²) in [5.74, 6) is -2.36. The third kappa shape index (κ3) is 7.08. The summed E-state index contributed by atoms with van der Waals surface area (Å²) in [5, 5.41) is 13.3. The first-order valence-corrected chi connectivity index (χ1v) is 21.4. The monoisotopic (exact) mass is 763 g/mol. The smallest absolute Gasteiger partial charge is 0.338 e. The highest BCUT2D eigenvalue weighted by atomic mass is 35.5. The van der Waals surface area contributed by atoms with Gasteiger partial charge in [-0.25, -0.2) is 4.79 Å². The molecule has 1 aromatic rings. The predicted molar refractivity (Wildman–Crippen MR) is 204 cm³/mol. The molecule has 52 heavy (non-hydrogen) atoms. The Morgan fingerprint density at radius 3 is 2.31 bits per heavy atom. The normalized spacial score (nSPS) is 36.4. The highest BCUT2D eigenvalue weighted by molar-refractivity contribution is 6.74. The van der Waals surface area contributed by atoms with E-state index in [1.165, 1.54) is 6.92 Å². The molecule has 2 aliphatic heterocycles. The Kier molecular flexibility index (Phi) is 11.9. The summed E-state index contributed by atoms with van der Waals surface area (Å²) in [6.45, 7) is 29.0. The third-order valence-electron chi connectivity index (χ3n) is 13.1. The van der Waals surface area contributed by atoms with Gasteiger partial charge in [0.15, 0.2) is 25.8 Å². The first-order valence-electron chi connectivity index (χ1n) is 18.5. The van der Waals surface area contributed by atoms with Crippen molar-refractivity contribution in [2.75, 3.05) is 26.3 Å². The number of rotatable bonds is 8. The van der Waals surface area contributed by atoms with E-state index in [0.717, 1.165) is 18.7 Å². The number of Topliss-reactive ketones (excluding diaryl/α,β-unsaturated/α-hetero) is 1. The number of aliphatic hydroxyl groups is 1. The minimum Gasteiger partial charge on any atom is -0.455 e. The summed E-state index contributed by atoms with van der Waals surface area (Å²) < 4.78 is 32.3. The van der Waals surface area contributed by atoms with Crippen molar-refractivity contribution in [1.82, 2.24) is 4.90 Å². The lowest BCUT2D eigenvalue weighted by atomic mass is 9.39. The molecule has 5 rings (SSSR count). The lowest BCUT2D eigenvalue weighted by molar-refractivity contribution is -0.368. The third-order valence-corrected chi connectivity index (χ3v) is 17.6. The Bertz CT molecular complexity index is 1540. The summed E-state index contributed by atoms with van der Waals surface area (Å²) in [6.07, 6.45) is -0.407. The average Bonchev–Trinajstić information content (AvgIpc) is 3.02. The van der Waals surface area contributed by atoms with Crippen LogP contribution in [-0.2, 0) is 39.5 Å². The zero-order chi connectivity index (χ0) is 38.0. The van der Waals surface area contributed by atoms with E-state index in [1.54, 1.807) is 26.0 Å². The summed E-state index contributed by atoms with van der Waals surface area (Å²) in [6, 6.07) is 7.38. The zero-order valence-corrected chi connectivity index (χ0v) is 34.9. The van der Waals surface area contributed by atoms with Gasteiger partial charge in [-0.2, -0.15) is 0 Å². The molecule has 0 aromatic heterocycles. The molecule has 0 radical (unpaired) electrons. The number of esters is 2. The topological polar surface area (TPSA) is 121 Å². The highest BCUT2D eigenvalue weighted by Crippen LogP contribution is 2.68. The van der Waals surface area contributed by atoms with E-state index >= 15 is 0 Å². The number of carbonyl (C=O) groups is 3. The van der Waals surface area contributed by atoms with Crippen molar-refractivity contribution >= 4 is 38.4 Å². The Labute approximate surface area is 317 Å². The second-order valence-corrected chi connectivity index (χ2v) is 22.9. The second-order valence-electron chi connectivity index (χ2n) is 18.2. The molecule has 1 aromatic carbocycles. The predicted octanol–water partition coefficient (Wildman–Crippen LogP) is 6.67. The maximum atomic E-state index is 14.8. The Hall–Kier alpha value is -2.12. The molecule has 1 N–H and O–H groups in total. The van der Waals surface area contributed by atoms with Gasteiger partial charge in [-0.05, 0) is 67.9 Å². The molecule has 10 nitrogen and oxygen atoms in total. The Morgan fingerprint density at radius 2 is 1.73 bits per heavy atom. The Balaban J connectivity index is 0.00000605. The van der Waals surface area contributed by atoms with Gasteiger partial charge in [0, 0.05) is 44.3 Å². The van der Waals surface area contributed by atoms with Gasteiger partial charge in [-0.1, -0.05) is 59.8 Å². The van der Waals surface area contributed by atoms with Crippen LogP contribution in [0.15, 0.2) is 36.9 Å². The van der Waals surface area contributed by atoms with Crippen LogP contribution in [0.5, 0.6) is 0 Å². The fourth-order valence-electron chi connectivity index (χ4n) is 9.44. The van der Waals surface area contributed by atoms with Crippen LogP contribution in [0.1, 0.15) is 97.5 Å². The molecular formula is C40H62ClNO9Si. The molecule has 0 unspecified atom stereocenters. The molecule has 0 amide bonds. The van der Waals surface area contributed by atoms with Crippen molar-refractivity contribution in [1.29, 1.82) is 0 Å². The van der Waals surface area contributed by atoms with Gasteiger partial charge >= 0.3 is 11.9 Å². The van der Waals surface area contributed by atoms with Crippen LogP contribution in [0.25, 0.3) is 0 Å². The van der Waals surface area contributed by atoms with Gasteiger partial charge < -0.3 is 28.5 Å². The molecule has 2 saturated carbocycles. The minimum atomic E-state index is -2.49. The molecule has 2 aliphatic carbocycles. The molecule has 12 heteroatoms. The van der Waals surface area contributed by atoms with E-state index in [2.05, 4.69) is 59.2 Å². The molecule has 2 saturated heterocycles. The van der Waals surface area contributed by atoms with Gasteiger partial charge in [0.2, 0.25) is 0 Å². The fourth-order valence-corrected chi connectivity index (χ4v) is 10.9. The summed E-state index contributed by atoms with van der Waals surface area (Å²) >= 11 is 0. The number of morpholine rings is 1. The lowest BCUT2D eigenvalue weighted by Crippen LogP contribution is -2.87. The molecule has 4 fully saturated rings. The van der Waals surface area contributed by atoms with Gasteiger partial charge in [-0.3, -0.25) is 14.5 Å². The van der Waals surface area contributed by atoms with E-state index in [9.17, 15) is 19.5 Å². The van der Waals surface area contributed by atoms with Crippen molar-refractivity contribution in [3.63, 3.8) is 0 Å². The Morgan fingerprint density at radius 1 is 1.10 bits per heavy atom. The number of nitrogens with zero attached hydrogens (tertiary/aromatic N) is 1. The van der Waals surface area contributed by atoms with Gasteiger partial charge in [0.1, 0.15) is 11.7 Å². The maximum absolute atomic E-state index is 14.8. The number of benzene rings is 1. The first kappa shape index (κ1) is 42.6. The lowest BCUT2D eigenvalue weighted by Gasteiger charge is -2.72. The van der Waals surface area contributed by atoms with Gasteiger partial charge in [0.05, 0.1) is 30.5 Å². The van der Waals surface area contributed by atoms with Crippen LogP contribution in [0.2, 0.25) is 18.1 Å². The number of halogens is 1. The SMILES string of the molecule is C=C[C@@]1(C)CC(=O)[C@]2(O)[C@@]3(C)[C@@H](O[Si](C)(C)C(C)(C)C)CCC(C)(C)[C@@H]3[C@H](OC(=O)c3cccc(CN4CCOCC4)c3)[C@H](OC(C)=O)[C@@]2(C)O1.Cl. The highest BCUT2D eigenvalue weighted by Gasteiger charge is 2.82. The van der Waals surface area contributed by atoms with E-state index in [1.807, 2.05) is 25.1 Å². The van der Waals surface area contributed by atoms with Crippen LogP contribution in [-0.4, -0.2) is 97.5 Å². The number of ketones is 1. The number of fused-ring (bicyclic) bond motifs is 3. The number of hydrogen-bond donors (Lipinski definition) is 1. The van der Waals surface area contributed by atoms with Crippen LogP contribution < -0.4 is 0 Å². The van der Waals surface area contributed by atoms with Crippen molar-refractivity contribution in [3.8, 4) is 0 Å². The fraction of sp³-hybridized carbons (Fsp3) is 0.725. The standard InChI is InChI=1S/C40H61NO9Si.ClH/c1-13-37(8)24-29(43)40(45)38(9)30(49-51(11,12)35(3,4)5)17-18-36(6,7)32(38)31(33(47-26(2)42)39(40,10)50-37)48-34(44)28-16-14-15-27(23-28)25-41-19-21-46-22-20-41;/h13-16,23,30-33,45H,1,17-22,24-25H2,2-12H3;1H/t30-,31-,32-,33-,37-,38-,39+,40-;/m0./s1. The van der Waals surface area contributed by atoms with Crippen molar-refractivity contribution in [3.05, 3.63) is 48.0 Å². The second kappa shape index (κ2) is 14.5. The molecule has 2 heterocycles. The molecule has 8 atom stereocenters. The van der Waals surface area contributed by atoms with Crippen molar-refractivity contribution in [2.45, 2.75) is 141 Å². The molecular weight excluding hydrogens is 702 g/mol. The van der Waals surface area contributed by atoms with Crippen LogP contribution in [0.4, 0.5) is 0 Å². The van der Waals surface area contributed by atoms with E-state index in [0.29, 0.717) is 38.2 Å². The van der Waals surface area contributed by atoms with Crippen LogP contribution in [0.3, 0.4) is 0 Å². The van der Waals surface area contributed by atoms with Gasteiger partial charge in [-0.15, -0.1) is 19.0 Å². The van der Waals surface area contributed by atoms with Crippen LogP contribution >= 0.6 is 12.4 Å². The number of hydrogen-bond acceptors (Lipinski definition) is 10. The summed E-state index contributed by atoms with van der Waals surface area (Å²) in [7, 11) is -2.49. The first-order chi connectivity index (χ1) is 23.5. The molecule has 4 aliphatic rings. The summed E-state index contributed by atoms with van der Waals surface area (Å²) in [5.41, 5.74) is -5.86. The molecule has 0 spiro atoms. The van der Waals surface area contributed by atoms with E-state index < -0.39 is 77.9 Å². The maximum Gasteiger partial charge on any atom is 0.338 e. The average molecular weight is 764 g/mol. The van der Waals surface area contributed by atoms with E-state index in [4.69, 9.17) is 23.4 Å². The quantitative estimate of drug-likeness (QED) is 0.175. The van der Waals surface area contributed by atoms with Crippen molar-refractivity contribution < 1.29 is 42.9 Å². The molecule has 292 valence electrons. The van der Waals surface area contributed by atoms with Gasteiger partial charge in [0.25, 0.3) is 0 Å². The number of ether oxygens (including phenoxy) is 4. The van der Waals surface area contributed by atoms with E-state index in [-0.39, 0.29) is 23.9 Å². The van der Waals surface area contributed by atoms with Crippen LogP contribution in [0, 0.1) is 16.7 Å². The minimum absolute atomic E-state index is 0. The molecule has 0 bridgehead atoms. The largest absolute Gasteiger partial charge is 0.455 e. The van der Waals surface area contributed by atoms with Crippen molar-refractivity contribution in [2.24, 2.45) is 16.7 Å². The zero-order valence-electron chi connectivity index (χ0n) is 33.1. The number of carbonyl (C=O) groups excluding carboxylic acids is 3.